The first-order valence-corrected chi connectivity index (χ1v) is 13.2. The largest absolute Gasteiger partial charge is 0.347 e. The summed E-state index contributed by atoms with van der Waals surface area (Å²) in [6, 6.07) is 21.4. The quantitative estimate of drug-likeness (QED) is 0.191. The van der Waals surface area contributed by atoms with Gasteiger partial charge in [0.05, 0.1) is 23.0 Å². The number of aromatic amines is 1. The summed E-state index contributed by atoms with van der Waals surface area (Å²) in [6.07, 6.45) is 9.75. The Morgan fingerprint density at radius 1 is 1.12 bits per heavy atom. The number of allylic oxidation sites excluding steroid dienone is 5. The second-order valence-electron chi connectivity index (χ2n) is 9.40. The maximum atomic E-state index is 13.6. The van der Waals surface area contributed by atoms with E-state index in [1.54, 1.807) is 41.1 Å². The molecule has 1 atom stereocenters. The van der Waals surface area contributed by atoms with Crippen LogP contribution in [0.25, 0.3) is 22.5 Å². The number of benzene rings is 3. The normalized spacial score (nSPS) is 12.6. The van der Waals surface area contributed by atoms with E-state index < -0.39 is 0 Å². The van der Waals surface area contributed by atoms with Crippen molar-refractivity contribution in [3.63, 3.8) is 0 Å². The Balaban J connectivity index is 1.52. The number of tetrazole rings is 1. The summed E-state index contributed by atoms with van der Waals surface area (Å²) >= 11 is 6.35. The van der Waals surface area contributed by atoms with E-state index in [-0.39, 0.29) is 11.7 Å². The van der Waals surface area contributed by atoms with E-state index in [0.29, 0.717) is 17.0 Å². The van der Waals surface area contributed by atoms with Gasteiger partial charge < -0.3 is 4.98 Å². The van der Waals surface area contributed by atoms with Gasteiger partial charge in [0.25, 0.3) is 0 Å². The van der Waals surface area contributed by atoms with Gasteiger partial charge in [-0.05, 0) is 77.4 Å². The molecule has 1 N–H and O–H groups in total. The average molecular weight is 562 g/mol. The van der Waals surface area contributed by atoms with Gasteiger partial charge in [0.1, 0.15) is 18.0 Å². The third-order valence-corrected chi connectivity index (χ3v) is 6.99. The van der Waals surface area contributed by atoms with Crippen molar-refractivity contribution in [1.29, 1.82) is 5.26 Å². The first-order valence-electron chi connectivity index (χ1n) is 12.8. The fraction of sp³-hybridized carbons (Fsp3) is 0.0938. The highest BCUT2D eigenvalue weighted by Crippen LogP contribution is 2.31. The van der Waals surface area contributed by atoms with E-state index >= 15 is 0 Å². The highest BCUT2D eigenvalue weighted by molar-refractivity contribution is 6.30. The molecular weight excluding hydrogens is 537 g/mol. The molecule has 0 saturated heterocycles. The van der Waals surface area contributed by atoms with Crippen molar-refractivity contribution < 1.29 is 4.39 Å². The van der Waals surface area contributed by atoms with Gasteiger partial charge in [-0.15, -0.1) is 5.10 Å². The zero-order valence-corrected chi connectivity index (χ0v) is 22.9. The molecule has 0 spiro atoms. The third kappa shape index (κ3) is 6.38. The molecule has 9 heteroatoms. The van der Waals surface area contributed by atoms with Crippen molar-refractivity contribution in [2.45, 2.75) is 19.3 Å². The maximum Gasteiger partial charge on any atom is 0.143 e. The zero-order chi connectivity index (χ0) is 28.8. The summed E-state index contributed by atoms with van der Waals surface area (Å²) in [5, 5.41) is 21.2. The molecule has 0 amide bonds. The van der Waals surface area contributed by atoms with E-state index in [4.69, 9.17) is 21.8 Å². The Hall–Kier alpha value is -5.13. The van der Waals surface area contributed by atoms with E-state index in [1.165, 1.54) is 18.5 Å². The number of nitrogens with zero attached hydrogens (tertiary/aromatic N) is 6. The highest BCUT2D eigenvalue weighted by atomic mass is 35.5. The minimum absolute atomic E-state index is 0.131. The summed E-state index contributed by atoms with van der Waals surface area (Å²) in [5.74, 6) is 0.360. The molecule has 0 aliphatic heterocycles. The Labute approximate surface area is 242 Å². The molecule has 1 unspecified atom stereocenters. The molecule has 41 heavy (non-hydrogen) atoms. The van der Waals surface area contributed by atoms with Crippen LogP contribution in [0.4, 0.5) is 4.39 Å². The van der Waals surface area contributed by atoms with Gasteiger partial charge in [-0.2, -0.15) is 9.94 Å². The molecule has 0 bridgehead atoms. The summed E-state index contributed by atoms with van der Waals surface area (Å²) in [6.45, 7) is 6.06. The number of hydrogen-bond donors (Lipinski definition) is 1. The summed E-state index contributed by atoms with van der Waals surface area (Å²) < 4.78 is 15.2. The fourth-order valence-electron chi connectivity index (χ4n) is 4.52. The monoisotopic (exact) mass is 561 g/mol. The van der Waals surface area contributed by atoms with Crippen molar-refractivity contribution in [3.05, 3.63) is 143 Å². The van der Waals surface area contributed by atoms with Crippen LogP contribution in [0.2, 0.25) is 5.02 Å². The molecule has 2 aromatic heterocycles. The summed E-state index contributed by atoms with van der Waals surface area (Å²) in [5.41, 5.74) is 6.68. The molecule has 7 nitrogen and oxygen atoms in total. The Morgan fingerprint density at radius 2 is 1.90 bits per heavy atom. The Kier molecular flexibility index (Phi) is 8.28. The minimum atomic E-state index is -0.280. The van der Waals surface area contributed by atoms with Crippen LogP contribution in [0.15, 0.2) is 110 Å². The third-order valence-electron chi connectivity index (χ3n) is 6.75. The van der Waals surface area contributed by atoms with Crippen LogP contribution in [-0.4, -0.2) is 30.2 Å². The number of imidazole rings is 1. The summed E-state index contributed by atoms with van der Waals surface area (Å²) in [4.78, 5) is 8.24. The number of nitriles is 1. The topological polar surface area (TPSA) is 96.1 Å². The molecular formula is C32H25ClFN7. The highest BCUT2D eigenvalue weighted by Gasteiger charge is 2.19. The fourth-order valence-corrected chi connectivity index (χ4v) is 4.70. The molecule has 0 saturated carbocycles. The molecule has 5 aromatic rings. The lowest BCUT2D eigenvalue weighted by Crippen LogP contribution is -2.07. The van der Waals surface area contributed by atoms with E-state index in [2.05, 4.69) is 33.2 Å². The predicted octanol–water partition coefficient (Wildman–Crippen LogP) is 7.26. The first kappa shape index (κ1) is 27.4. The van der Waals surface area contributed by atoms with E-state index in [9.17, 15) is 4.39 Å². The molecule has 0 fully saturated rings. The van der Waals surface area contributed by atoms with Gasteiger partial charge in [-0.3, -0.25) is 0 Å². The number of H-pyrrole nitrogens is 1. The molecule has 0 aliphatic carbocycles. The van der Waals surface area contributed by atoms with Gasteiger partial charge in [0, 0.05) is 28.3 Å². The molecule has 3 aromatic carbocycles. The lowest BCUT2D eigenvalue weighted by Gasteiger charge is -2.16. The molecule has 202 valence electrons. The van der Waals surface area contributed by atoms with Crippen LogP contribution < -0.4 is 0 Å². The Bertz CT molecular complexity index is 1760. The van der Waals surface area contributed by atoms with Gasteiger partial charge in [-0.1, -0.05) is 66.2 Å². The molecule has 5 rings (SSSR count). The van der Waals surface area contributed by atoms with Crippen LogP contribution in [0.3, 0.4) is 0 Å². The molecule has 0 aliphatic rings. The van der Waals surface area contributed by atoms with Crippen molar-refractivity contribution in [3.8, 4) is 23.0 Å². The minimum Gasteiger partial charge on any atom is -0.347 e. The van der Waals surface area contributed by atoms with Crippen molar-refractivity contribution in [2.75, 3.05) is 0 Å². The van der Waals surface area contributed by atoms with Crippen LogP contribution in [0, 0.1) is 17.1 Å². The van der Waals surface area contributed by atoms with Gasteiger partial charge in [0.15, 0.2) is 0 Å². The molecule has 2 heterocycles. The van der Waals surface area contributed by atoms with Gasteiger partial charge in [-0.25, -0.2) is 9.37 Å². The number of nitrogens with one attached hydrogen (secondary N) is 1. The molecule has 0 radical (unpaired) electrons. The maximum absolute atomic E-state index is 13.6. The summed E-state index contributed by atoms with van der Waals surface area (Å²) in [7, 11) is 0. The van der Waals surface area contributed by atoms with Crippen LogP contribution in [0.5, 0.6) is 0 Å². The second-order valence-corrected chi connectivity index (χ2v) is 9.83. The number of hydrogen-bond acceptors (Lipinski definition) is 5. The van der Waals surface area contributed by atoms with Gasteiger partial charge >= 0.3 is 0 Å². The van der Waals surface area contributed by atoms with Crippen LogP contribution in [0.1, 0.15) is 35.4 Å². The van der Waals surface area contributed by atoms with E-state index in [1.807, 2.05) is 49.5 Å². The van der Waals surface area contributed by atoms with Crippen molar-refractivity contribution in [1.82, 2.24) is 30.2 Å². The number of halogens is 2. The first-order chi connectivity index (χ1) is 19.9. The standard InChI is InChI=1S/C32H25ClFN7/c1-3-24(29-17-26(33)12-15-31(29)41-20-37-39-40-41)9-4-21(2)28(16-22-7-13-27(34)14-8-22)32-36-19-30(38-32)25-10-5-23(18-35)6-11-25/h3-15,17,19-20,28H,1,16H2,2H3,(H,36,38)/b21-4+,24-9+. The van der Waals surface area contributed by atoms with Gasteiger partial charge in [0.2, 0.25) is 0 Å². The van der Waals surface area contributed by atoms with Crippen molar-refractivity contribution >= 4 is 17.2 Å². The smallest absolute Gasteiger partial charge is 0.143 e. The lowest BCUT2D eigenvalue weighted by atomic mass is 9.91. The predicted molar refractivity (Wildman–Crippen MR) is 158 cm³/mol. The number of rotatable bonds is 9. The number of aromatic nitrogens is 6. The lowest BCUT2D eigenvalue weighted by molar-refractivity contribution is 0.626. The zero-order valence-electron chi connectivity index (χ0n) is 22.2. The van der Waals surface area contributed by atoms with Crippen molar-refractivity contribution in [2.24, 2.45) is 0 Å². The second kappa shape index (κ2) is 12.4. The SMILES string of the molecule is C=C/C(=C\C=C(/C)C(Cc1ccc(F)cc1)c1nc(-c2ccc(C#N)cc2)c[nH]1)c1cc(Cl)ccc1-n1cnnn1. The van der Waals surface area contributed by atoms with E-state index in [0.717, 1.165) is 45.0 Å². The van der Waals surface area contributed by atoms with Crippen LogP contribution in [-0.2, 0) is 6.42 Å². The Morgan fingerprint density at radius 3 is 2.59 bits per heavy atom. The van der Waals surface area contributed by atoms with Crippen LogP contribution >= 0.6 is 11.6 Å². The average Bonchev–Trinajstić information content (AvgIpc) is 3.71.